The molecule has 0 saturated heterocycles. The van der Waals surface area contributed by atoms with Gasteiger partial charge in [-0.3, -0.25) is 9.59 Å². The number of benzene rings is 3. The van der Waals surface area contributed by atoms with Gasteiger partial charge in [-0.1, -0.05) is 84.9 Å². The maximum atomic E-state index is 12.6. The molecule has 0 aliphatic heterocycles. The fourth-order valence-electron chi connectivity index (χ4n) is 3.93. The molecule has 0 bridgehead atoms. The molecule has 3 aromatic rings. The van der Waals surface area contributed by atoms with Crippen molar-refractivity contribution in [3.8, 4) is 11.1 Å². The van der Waals surface area contributed by atoms with Crippen molar-refractivity contribution in [1.82, 2.24) is 21.3 Å². The third-order valence-electron chi connectivity index (χ3n) is 6.18. The third kappa shape index (κ3) is 12.4. The van der Waals surface area contributed by atoms with E-state index in [4.69, 9.17) is 0 Å². The van der Waals surface area contributed by atoms with Gasteiger partial charge in [-0.2, -0.15) is 13.2 Å². The molecule has 0 heterocycles. The Bertz CT molecular complexity index is 1440. The molecule has 4 N–H and O–H groups in total. The number of hydrogen-bond acceptors (Lipinski definition) is 7. The first kappa shape index (κ1) is 34.1. The second kappa shape index (κ2) is 17.0. The quantitative estimate of drug-likeness (QED) is 0.127. The highest BCUT2D eigenvalue weighted by molar-refractivity contribution is 5.85. The van der Waals surface area contributed by atoms with Crippen molar-refractivity contribution in [2.45, 2.75) is 38.0 Å². The fourth-order valence-corrected chi connectivity index (χ4v) is 3.93. The van der Waals surface area contributed by atoms with Gasteiger partial charge in [-0.15, -0.1) is 0 Å². The van der Waals surface area contributed by atoms with Gasteiger partial charge in [-0.25, -0.2) is 24.2 Å². The Morgan fingerprint density at radius 3 is 1.98 bits per heavy atom. The Hall–Kier alpha value is -5.40. The van der Waals surface area contributed by atoms with Gasteiger partial charge in [0.15, 0.2) is 0 Å². The van der Waals surface area contributed by atoms with E-state index in [1.54, 1.807) is 24.3 Å². The number of urea groups is 1. The summed E-state index contributed by atoms with van der Waals surface area (Å²) in [4.78, 5) is 67.3. The molecule has 1 unspecified atom stereocenters. The Kier molecular flexibility index (Phi) is 12.9. The van der Waals surface area contributed by atoms with Crippen molar-refractivity contribution in [3.05, 3.63) is 96.1 Å². The molecular formula is C31H31F3N4O7. The van der Waals surface area contributed by atoms with Crippen LogP contribution in [0, 0.1) is 0 Å². The summed E-state index contributed by atoms with van der Waals surface area (Å²) in [7, 11) is 0. The molecule has 0 aliphatic carbocycles. The van der Waals surface area contributed by atoms with Gasteiger partial charge in [-0.05, 0) is 28.7 Å². The number of rotatable bonds is 13. The monoisotopic (exact) mass is 628 g/mol. The van der Waals surface area contributed by atoms with Crippen LogP contribution in [-0.4, -0.2) is 49.0 Å². The van der Waals surface area contributed by atoms with Crippen LogP contribution in [0.3, 0.4) is 0 Å². The third-order valence-corrected chi connectivity index (χ3v) is 6.18. The van der Waals surface area contributed by atoms with Gasteiger partial charge >= 0.3 is 24.1 Å². The van der Waals surface area contributed by atoms with Crippen molar-refractivity contribution in [2.75, 3.05) is 13.1 Å². The fraction of sp³-hybridized carbons (Fsp3) is 0.258. The molecule has 238 valence electrons. The lowest BCUT2D eigenvalue weighted by Gasteiger charge is -2.19. The van der Waals surface area contributed by atoms with Crippen molar-refractivity contribution in [3.63, 3.8) is 0 Å². The van der Waals surface area contributed by atoms with Crippen LogP contribution >= 0.6 is 0 Å². The summed E-state index contributed by atoms with van der Waals surface area (Å²) in [6, 6.07) is 23.7. The van der Waals surface area contributed by atoms with Crippen LogP contribution in [0.1, 0.15) is 36.4 Å². The highest BCUT2D eigenvalue weighted by Gasteiger charge is 2.43. The van der Waals surface area contributed by atoms with Crippen LogP contribution in [0.5, 0.6) is 0 Å². The molecule has 4 amide bonds. The molecule has 3 rings (SSSR count). The zero-order valence-corrected chi connectivity index (χ0v) is 23.9. The average molecular weight is 629 g/mol. The van der Waals surface area contributed by atoms with E-state index in [0.717, 1.165) is 16.7 Å². The Morgan fingerprint density at radius 2 is 1.33 bits per heavy atom. The van der Waals surface area contributed by atoms with Gasteiger partial charge in [0.25, 0.3) is 0 Å². The van der Waals surface area contributed by atoms with Crippen LogP contribution in [-0.2, 0) is 35.5 Å². The zero-order chi connectivity index (χ0) is 32.7. The number of carbonyl (C=O) groups excluding carboxylic acids is 5. The Labute approximate surface area is 256 Å². The molecule has 11 nitrogen and oxygen atoms in total. The first-order chi connectivity index (χ1) is 21.5. The number of alkyl halides is 3. The van der Waals surface area contributed by atoms with Crippen LogP contribution in [0.25, 0.3) is 11.1 Å². The van der Waals surface area contributed by atoms with Gasteiger partial charge in [0, 0.05) is 19.5 Å². The summed E-state index contributed by atoms with van der Waals surface area (Å²) >= 11 is 0. The Balaban J connectivity index is 1.48. The largest absolute Gasteiger partial charge is 0.495 e. The maximum Gasteiger partial charge on any atom is 0.495 e. The smallest absolute Gasteiger partial charge is 0.347 e. The number of halogens is 3. The second-order valence-electron chi connectivity index (χ2n) is 9.61. The van der Waals surface area contributed by atoms with Gasteiger partial charge < -0.3 is 21.3 Å². The first-order valence-corrected chi connectivity index (χ1v) is 13.8. The minimum absolute atomic E-state index is 0.00746. The SMILES string of the molecule is O=C(CCCNC(=O)NCc1ccccc1)NCC(=O)NC(CC(=O)OOC(=O)C(F)(F)F)c1ccc(-c2ccccc2)cc1. The molecule has 0 spiro atoms. The van der Waals surface area contributed by atoms with E-state index in [9.17, 15) is 37.1 Å². The first-order valence-electron chi connectivity index (χ1n) is 13.8. The number of hydrogen-bond donors (Lipinski definition) is 4. The lowest BCUT2D eigenvalue weighted by atomic mass is 9.99. The second-order valence-corrected chi connectivity index (χ2v) is 9.61. The Morgan fingerprint density at radius 1 is 0.711 bits per heavy atom. The van der Waals surface area contributed by atoms with E-state index >= 15 is 0 Å². The van der Waals surface area contributed by atoms with Crippen LogP contribution < -0.4 is 21.3 Å². The van der Waals surface area contributed by atoms with E-state index < -0.39 is 55.0 Å². The van der Waals surface area contributed by atoms with E-state index in [1.807, 2.05) is 60.7 Å². The summed E-state index contributed by atoms with van der Waals surface area (Å²) in [5.74, 6) is -5.25. The molecule has 1 atom stereocenters. The maximum absolute atomic E-state index is 12.6. The summed E-state index contributed by atoms with van der Waals surface area (Å²) in [5, 5.41) is 10.3. The van der Waals surface area contributed by atoms with Crippen molar-refractivity contribution < 1.29 is 46.9 Å². The molecule has 0 aliphatic rings. The standard InChI is InChI=1S/C31H31F3N4O7/c32-31(33,34)29(42)45-44-28(41)18-25(24-15-13-23(14-16-24)22-10-5-2-6-11-22)38-27(40)20-36-26(39)12-7-17-35-30(43)37-19-21-8-3-1-4-9-21/h1-6,8-11,13-16,25H,7,12,17-20H2,(H,36,39)(H,38,40)(H2,35,37,43). The molecule has 0 radical (unpaired) electrons. The lowest BCUT2D eigenvalue weighted by molar-refractivity contribution is -0.286. The predicted octanol–water partition coefficient (Wildman–Crippen LogP) is 3.86. The number of carbonyl (C=O) groups is 5. The average Bonchev–Trinajstić information content (AvgIpc) is 3.04. The number of amides is 4. The summed E-state index contributed by atoms with van der Waals surface area (Å²) < 4.78 is 37.1. The topological polar surface area (TPSA) is 152 Å². The molecule has 0 saturated carbocycles. The zero-order valence-electron chi connectivity index (χ0n) is 23.9. The van der Waals surface area contributed by atoms with Crippen LogP contribution in [0.2, 0.25) is 0 Å². The van der Waals surface area contributed by atoms with Crippen LogP contribution in [0.15, 0.2) is 84.9 Å². The lowest BCUT2D eigenvalue weighted by Crippen LogP contribution is -2.40. The summed E-state index contributed by atoms with van der Waals surface area (Å²) in [6.45, 7) is 0.0830. The minimum atomic E-state index is -5.37. The predicted molar refractivity (Wildman–Crippen MR) is 155 cm³/mol. The van der Waals surface area contributed by atoms with Crippen molar-refractivity contribution >= 4 is 29.8 Å². The van der Waals surface area contributed by atoms with Gasteiger partial charge in [0.05, 0.1) is 19.0 Å². The molecule has 3 aromatic carbocycles. The van der Waals surface area contributed by atoms with E-state index in [2.05, 4.69) is 31.0 Å². The highest BCUT2D eigenvalue weighted by atomic mass is 19.4. The van der Waals surface area contributed by atoms with Gasteiger partial charge in [0.1, 0.15) is 0 Å². The van der Waals surface area contributed by atoms with E-state index in [1.165, 1.54) is 0 Å². The summed E-state index contributed by atoms with van der Waals surface area (Å²) in [5.41, 5.74) is 3.04. The number of nitrogens with one attached hydrogen (secondary N) is 4. The van der Waals surface area contributed by atoms with E-state index in [-0.39, 0.29) is 13.0 Å². The van der Waals surface area contributed by atoms with Crippen LogP contribution in [0.4, 0.5) is 18.0 Å². The van der Waals surface area contributed by atoms with Gasteiger partial charge in [0.2, 0.25) is 11.8 Å². The molecule has 14 heteroatoms. The highest BCUT2D eigenvalue weighted by Crippen LogP contribution is 2.24. The summed E-state index contributed by atoms with van der Waals surface area (Å²) in [6.07, 6.45) is -5.75. The molecule has 0 aromatic heterocycles. The normalized spacial score (nSPS) is 11.4. The molecular weight excluding hydrogens is 597 g/mol. The molecule has 45 heavy (non-hydrogen) atoms. The van der Waals surface area contributed by atoms with Crippen molar-refractivity contribution in [1.29, 1.82) is 0 Å². The molecule has 0 fully saturated rings. The minimum Gasteiger partial charge on any atom is -0.347 e. The van der Waals surface area contributed by atoms with E-state index in [0.29, 0.717) is 18.5 Å². The van der Waals surface area contributed by atoms with Crippen molar-refractivity contribution in [2.24, 2.45) is 0 Å².